The van der Waals surface area contributed by atoms with Gasteiger partial charge in [0.05, 0.1) is 20.3 Å². The molecule has 1 saturated heterocycles. The van der Waals surface area contributed by atoms with Crippen molar-refractivity contribution in [2.45, 2.75) is 18.9 Å². The van der Waals surface area contributed by atoms with Crippen molar-refractivity contribution in [3.63, 3.8) is 0 Å². The maximum atomic E-state index is 13.0. The SMILES string of the molecule is O=C(Nc1nc(-c2ccc(Cl)s2)cs1)C1CCCN1c1ncnc2sccc12. The summed E-state index contributed by atoms with van der Waals surface area (Å²) in [5.74, 6) is 0.779. The molecular formula is C18H14ClN5OS3. The van der Waals surface area contributed by atoms with Crippen molar-refractivity contribution in [1.82, 2.24) is 15.0 Å². The van der Waals surface area contributed by atoms with E-state index in [1.165, 1.54) is 22.7 Å². The van der Waals surface area contributed by atoms with Crippen LogP contribution >= 0.6 is 45.6 Å². The number of anilines is 2. The smallest absolute Gasteiger partial charge is 0.248 e. The van der Waals surface area contributed by atoms with Crippen LogP contribution in [0.1, 0.15) is 12.8 Å². The minimum atomic E-state index is -0.262. The Morgan fingerprint density at radius 3 is 3.04 bits per heavy atom. The number of rotatable bonds is 4. The van der Waals surface area contributed by atoms with Crippen molar-refractivity contribution >= 4 is 72.7 Å². The molecule has 10 heteroatoms. The summed E-state index contributed by atoms with van der Waals surface area (Å²) < 4.78 is 0.722. The molecule has 1 amide bonds. The second kappa shape index (κ2) is 7.40. The van der Waals surface area contributed by atoms with E-state index in [1.807, 2.05) is 29.0 Å². The lowest BCUT2D eigenvalue weighted by Gasteiger charge is -2.24. The molecule has 1 atom stereocenters. The number of thiazole rings is 1. The van der Waals surface area contributed by atoms with Gasteiger partial charge in [0, 0.05) is 11.9 Å². The summed E-state index contributed by atoms with van der Waals surface area (Å²) in [4.78, 5) is 30.3. The van der Waals surface area contributed by atoms with Crippen LogP contribution in [0.15, 0.2) is 35.3 Å². The van der Waals surface area contributed by atoms with Crippen LogP contribution in [0.25, 0.3) is 20.8 Å². The maximum Gasteiger partial charge on any atom is 0.248 e. The molecule has 1 aliphatic heterocycles. The number of carbonyl (C=O) groups is 1. The molecule has 0 aromatic carbocycles. The summed E-state index contributed by atoms with van der Waals surface area (Å²) in [6.07, 6.45) is 3.31. The van der Waals surface area contributed by atoms with E-state index in [0.29, 0.717) is 5.13 Å². The molecule has 142 valence electrons. The van der Waals surface area contributed by atoms with Gasteiger partial charge in [-0.2, -0.15) is 0 Å². The van der Waals surface area contributed by atoms with Gasteiger partial charge in [0.1, 0.15) is 23.0 Å². The van der Waals surface area contributed by atoms with Gasteiger partial charge in [0.25, 0.3) is 0 Å². The minimum Gasteiger partial charge on any atom is -0.344 e. The Morgan fingerprint density at radius 1 is 1.25 bits per heavy atom. The highest BCUT2D eigenvalue weighted by atomic mass is 35.5. The lowest BCUT2D eigenvalue weighted by Crippen LogP contribution is -2.40. The fourth-order valence-corrected chi connectivity index (χ4v) is 5.90. The van der Waals surface area contributed by atoms with E-state index in [9.17, 15) is 4.79 Å². The standard InChI is InChI=1S/C18H14ClN5OS3/c19-14-4-3-13(28-14)11-8-27-18(22-11)23-16(25)12-2-1-6-24(12)15-10-5-7-26-17(10)21-9-20-15/h3-5,7-9,12H,1-2,6H2,(H,22,23,25). The maximum absolute atomic E-state index is 13.0. The minimum absolute atomic E-state index is 0.0513. The Kier molecular flexibility index (Phi) is 4.75. The summed E-state index contributed by atoms with van der Waals surface area (Å²) in [7, 11) is 0. The van der Waals surface area contributed by atoms with Crippen molar-refractivity contribution in [3.8, 4) is 10.6 Å². The zero-order valence-electron chi connectivity index (χ0n) is 14.5. The molecule has 5 rings (SSSR count). The number of halogens is 1. The third-order valence-corrected chi connectivity index (χ3v) is 7.46. The monoisotopic (exact) mass is 447 g/mol. The Labute approximate surface area is 177 Å². The van der Waals surface area contributed by atoms with Crippen molar-refractivity contribution in [3.05, 3.63) is 39.6 Å². The number of nitrogens with one attached hydrogen (secondary N) is 1. The summed E-state index contributed by atoms with van der Waals surface area (Å²) in [5.41, 5.74) is 0.830. The number of carbonyl (C=O) groups excluding carboxylic acids is 1. The number of fused-ring (bicyclic) bond motifs is 1. The molecule has 1 fully saturated rings. The Bertz CT molecular complexity index is 1150. The van der Waals surface area contributed by atoms with Crippen LogP contribution in [-0.4, -0.2) is 33.4 Å². The Balaban J connectivity index is 1.36. The van der Waals surface area contributed by atoms with Crippen molar-refractivity contribution in [2.24, 2.45) is 0 Å². The molecule has 0 spiro atoms. The van der Waals surface area contributed by atoms with Gasteiger partial charge in [0.15, 0.2) is 5.13 Å². The van der Waals surface area contributed by atoms with Gasteiger partial charge in [-0.3, -0.25) is 4.79 Å². The fraction of sp³-hybridized carbons (Fsp3) is 0.222. The quantitative estimate of drug-likeness (QED) is 0.469. The Hall–Kier alpha value is -2.07. The third kappa shape index (κ3) is 3.28. The predicted octanol–water partition coefficient (Wildman–Crippen LogP) is 5.14. The summed E-state index contributed by atoms with van der Waals surface area (Å²) in [5, 5.41) is 8.51. The van der Waals surface area contributed by atoms with Crippen LogP contribution in [0, 0.1) is 0 Å². The number of amides is 1. The number of hydrogen-bond acceptors (Lipinski definition) is 8. The average molecular weight is 448 g/mol. The summed E-state index contributed by atoms with van der Waals surface area (Å²) >= 11 is 10.5. The second-order valence-corrected chi connectivity index (χ2v) is 9.79. The first-order chi connectivity index (χ1) is 13.7. The van der Waals surface area contributed by atoms with E-state index in [1.54, 1.807) is 17.7 Å². The number of nitrogens with zero attached hydrogens (tertiary/aromatic N) is 4. The van der Waals surface area contributed by atoms with Crippen molar-refractivity contribution in [2.75, 3.05) is 16.8 Å². The van der Waals surface area contributed by atoms with E-state index in [0.717, 1.165) is 50.3 Å². The highest BCUT2D eigenvalue weighted by Crippen LogP contribution is 2.34. The van der Waals surface area contributed by atoms with E-state index >= 15 is 0 Å². The molecule has 0 saturated carbocycles. The topological polar surface area (TPSA) is 71.0 Å². The highest BCUT2D eigenvalue weighted by molar-refractivity contribution is 7.20. The molecular weight excluding hydrogens is 434 g/mol. The van der Waals surface area contributed by atoms with Gasteiger partial charge in [-0.05, 0) is 36.4 Å². The molecule has 5 heterocycles. The van der Waals surface area contributed by atoms with Gasteiger partial charge in [0.2, 0.25) is 5.91 Å². The molecule has 28 heavy (non-hydrogen) atoms. The van der Waals surface area contributed by atoms with E-state index in [4.69, 9.17) is 11.6 Å². The van der Waals surface area contributed by atoms with Crippen molar-refractivity contribution < 1.29 is 4.79 Å². The number of hydrogen-bond donors (Lipinski definition) is 1. The van der Waals surface area contributed by atoms with Gasteiger partial charge < -0.3 is 10.2 Å². The van der Waals surface area contributed by atoms with Crippen molar-refractivity contribution in [1.29, 1.82) is 0 Å². The van der Waals surface area contributed by atoms with E-state index < -0.39 is 0 Å². The summed E-state index contributed by atoms with van der Waals surface area (Å²) in [6.45, 7) is 0.802. The zero-order valence-corrected chi connectivity index (χ0v) is 17.7. The fourth-order valence-electron chi connectivity index (χ4n) is 3.38. The number of aromatic nitrogens is 3. The van der Waals surface area contributed by atoms with Gasteiger partial charge in [-0.15, -0.1) is 34.0 Å². The molecule has 1 aliphatic rings. The molecule has 4 aromatic rings. The predicted molar refractivity (Wildman–Crippen MR) is 117 cm³/mol. The van der Waals surface area contributed by atoms with Gasteiger partial charge in [-0.1, -0.05) is 11.6 Å². The first-order valence-corrected chi connectivity index (χ1v) is 11.6. The summed E-state index contributed by atoms with van der Waals surface area (Å²) in [6, 6.07) is 5.54. The first-order valence-electron chi connectivity index (χ1n) is 8.66. The lowest BCUT2D eigenvalue weighted by atomic mass is 10.2. The van der Waals surface area contributed by atoms with Crippen LogP contribution in [0.3, 0.4) is 0 Å². The second-order valence-electron chi connectivity index (χ2n) is 6.32. The molecule has 0 bridgehead atoms. The zero-order chi connectivity index (χ0) is 19.1. The molecule has 1 N–H and O–H groups in total. The molecule has 0 radical (unpaired) electrons. The first kappa shape index (κ1) is 18.0. The van der Waals surface area contributed by atoms with Crippen LogP contribution in [0.2, 0.25) is 4.34 Å². The molecule has 6 nitrogen and oxygen atoms in total. The van der Waals surface area contributed by atoms with Crippen LogP contribution in [0.4, 0.5) is 10.9 Å². The van der Waals surface area contributed by atoms with E-state index in [2.05, 4.69) is 25.2 Å². The highest BCUT2D eigenvalue weighted by Gasteiger charge is 2.33. The van der Waals surface area contributed by atoms with Crippen LogP contribution in [-0.2, 0) is 4.79 Å². The molecule has 4 aromatic heterocycles. The van der Waals surface area contributed by atoms with E-state index in [-0.39, 0.29) is 11.9 Å². The Morgan fingerprint density at radius 2 is 2.18 bits per heavy atom. The van der Waals surface area contributed by atoms with Gasteiger partial charge in [-0.25, -0.2) is 15.0 Å². The van der Waals surface area contributed by atoms with Gasteiger partial charge >= 0.3 is 0 Å². The largest absolute Gasteiger partial charge is 0.344 e. The number of thiophene rings is 2. The lowest BCUT2D eigenvalue weighted by molar-refractivity contribution is -0.117. The van der Waals surface area contributed by atoms with Crippen LogP contribution < -0.4 is 10.2 Å². The normalized spacial score (nSPS) is 16.8. The average Bonchev–Trinajstić information content (AvgIpc) is 3.47. The van der Waals surface area contributed by atoms with Crippen LogP contribution in [0.5, 0.6) is 0 Å². The third-order valence-electron chi connectivity index (χ3n) is 4.63. The molecule has 0 aliphatic carbocycles. The molecule has 1 unspecified atom stereocenters.